The molecule has 47 heavy (non-hydrogen) atoms. The van der Waals surface area contributed by atoms with Gasteiger partial charge in [0.25, 0.3) is 0 Å². The minimum Gasteiger partial charge on any atom is -0.462 e. The predicted molar refractivity (Wildman–Crippen MR) is 172 cm³/mol. The van der Waals surface area contributed by atoms with E-state index >= 15 is 0 Å². The summed E-state index contributed by atoms with van der Waals surface area (Å²) in [6.45, 7) is 17.3. The Morgan fingerprint density at radius 1 is 0.809 bits per heavy atom. The maximum atomic E-state index is 13.1. The van der Waals surface area contributed by atoms with Gasteiger partial charge in [0.15, 0.2) is 6.10 Å². The van der Waals surface area contributed by atoms with Crippen molar-refractivity contribution >= 4 is 35.9 Å². The first-order valence-electron chi connectivity index (χ1n) is 16.0. The number of hydrogen-bond acceptors (Lipinski definition) is 10. The van der Waals surface area contributed by atoms with E-state index < -0.39 is 83.0 Å². The maximum Gasteiger partial charge on any atom is 0.331 e. The van der Waals surface area contributed by atoms with Crippen LogP contribution in [0.25, 0.3) is 6.08 Å². The standard InChI is InChI=1S/C37H46O10/c1-20-28(47-30(42)16-15-26-13-11-10-12-14-26)17-18-37(9)32(20)33(44-23(4)39)27-19-29(43-22(3)38)21(2)31(36(27,7)8)34(45-24(5)40)35(37)46-25(6)41/h10-16,27-29,32-35H,1,17-19H2,2-9H3. The highest BCUT2D eigenvalue weighted by Crippen LogP contribution is 2.61. The molecular weight excluding hydrogens is 604 g/mol. The number of carbonyl (C=O) groups excluding carboxylic acids is 5. The van der Waals surface area contributed by atoms with Gasteiger partial charge in [-0.2, -0.15) is 0 Å². The van der Waals surface area contributed by atoms with Gasteiger partial charge in [-0.15, -0.1) is 0 Å². The monoisotopic (exact) mass is 650 g/mol. The molecule has 2 bridgehead atoms. The Morgan fingerprint density at radius 2 is 1.40 bits per heavy atom. The van der Waals surface area contributed by atoms with Crippen LogP contribution in [-0.4, -0.2) is 60.4 Å². The smallest absolute Gasteiger partial charge is 0.331 e. The molecular formula is C37H46O10. The highest BCUT2D eigenvalue weighted by atomic mass is 16.6. The summed E-state index contributed by atoms with van der Waals surface area (Å²) in [6, 6.07) is 9.33. The van der Waals surface area contributed by atoms with Crippen molar-refractivity contribution in [2.24, 2.45) is 22.7 Å². The van der Waals surface area contributed by atoms with Crippen molar-refractivity contribution in [1.82, 2.24) is 0 Å². The first kappa shape index (κ1) is 35.6. The van der Waals surface area contributed by atoms with Crippen LogP contribution in [0, 0.1) is 22.7 Å². The molecule has 0 aliphatic heterocycles. The molecule has 0 N–H and O–H groups in total. The Labute approximate surface area is 276 Å². The highest BCUT2D eigenvalue weighted by molar-refractivity contribution is 5.87. The Bertz CT molecular complexity index is 1490. The summed E-state index contributed by atoms with van der Waals surface area (Å²) in [7, 11) is 0. The van der Waals surface area contributed by atoms with E-state index in [0.717, 1.165) is 5.56 Å². The molecule has 1 aromatic rings. The molecule has 3 aliphatic carbocycles. The van der Waals surface area contributed by atoms with E-state index in [-0.39, 0.29) is 0 Å². The molecule has 254 valence electrons. The Balaban J connectivity index is 1.90. The third kappa shape index (κ3) is 7.36. The van der Waals surface area contributed by atoms with Gasteiger partial charge < -0.3 is 23.7 Å². The fraction of sp³-hybridized carbons (Fsp3) is 0.541. The van der Waals surface area contributed by atoms with E-state index in [1.165, 1.54) is 33.8 Å². The lowest BCUT2D eigenvalue weighted by atomic mass is 9.49. The van der Waals surface area contributed by atoms with E-state index in [1.807, 2.05) is 58.0 Å². The number of fused-ring (bicyclic) bond motifs is 3. The molecule has 8 unspecified atom stereocenters. The molecule has 0 amide bonds. The van der Waals surface area contributed by atoms with Crippen LogP contribution in [0.15, 0.2) is 59.7 Å². The number of benzene rings is 1. The average Bonchev–Trinajstić information content (AvgIpc) is 2.96. The predicted octanol–water partition coefficient (Wildman–Crippen LogP) is 5.69. The van der Waals surface area contributed by atoms with E-state index in [1.54, 1.807) is 6.08 Å². The normalized spacial score (nSPS) is 31.5. The minimum absolute atomic E-state index is 0.301. The van der Waals surface area contributed by atoms with Crippen LogP contribution in [0.4, 0.5) is 0 Å². The lowest BCUT2D eigenvalue weighted by molar-refractivity contribution is -0.204. The second-order valence-corrected chi connectivity index (χ2v) is 13.7. The van der Waals surface area contributed by atoms with Gasteiger partial charge >= 0.3 is 29.8 Å². The lowest BCUT2D eigenvalue weighted by Crippen LogP contribution is -2.64. The number of hydrogen-bond donors (Lipinski definition) is 0. The summed E-state index contributed by atoms with van der Waals surface area (Å²) < 4.78 is 30.1. The number of ether oxygens (including phenoxy) is 5. The van der Waals surface area contributed by atoms with Crippen LogP contribution in [0.5, 0.6) is 0 Å². The maximum absolute atomic E-state index is 13.1. The molecule has 0 saturated heterocycles. The Kier molecular flexibility index (Phi) is 10.5. The van der Waals surface area contributed by atoms with Crippen molar-refractivity contribution in [2.45, 2.75) is 105 Å². The molecule has 4 rings (SSSR count). The van der Waals surface area contributed by atoms with E-state index in [0.29, 0.717) is 36.0 Å². The third-order valence-electron chi connectivity index (χ3n) is 10.1. The molecule has 2 saturated carbocycles. The van der Waals surface area contributed by atoms with Gasteiger partial charge in [0.05, 0.1) is 0 Å². The summed E-state index contributed by atoms with van der Waals surface area (Å²) in [5, 5.41) is 0. The lowest BCUT2D eigenvalue weighted by Gasteiger charge is -2.60. The molecule has 0 spiro atoms. The van der Waals surface area contributed by atoms with E-state index in [2.05, 4.69) is 6.58 Å². The fourth-order valence-corrected chi connectivity index (χ4v) is 8.16. The topological polar surface area (TPSA) is 132 Å². The summed E-state index contributed by atoms with van der Waals surface area (Å²) in [4.78, 5) is 63.7. The van der Waals surface area contributed by atoms with Gasteiger partial charge in [0.2, 0.25) is 0 Å². The molecule has 0 aromatic heterocycles. The zero-order valence-electron chi connectivity index (χ0n) is 28.5. The average molecular weight is 651 g/mol. The van der Waals surface area contributed by atoms with Crippen molar-refractivity contribution in [3.05, 3.63) is 65.3 Å². The minimum atomic E-state index is -1.06. The molecule has 3 aliphatic rings. The summed E-state index contributed by atoms with van der Waals surface area (Å²) in [5.74, 6) is -3.98. The van der Waals surface area contributed by atoms with Crippen molar-refractivity contribution < 1.29 is 47.7 Å². The number of carbonyl (C=O) groups is 5. The molecule has 0 radical (unpaired) electrons. The summed E-state index contributed by atoms with van der Waals surface area (Å²) >= 11 is 0. The van der Waals surface area contributed by atoms with Gasteiger partial charge in [-0.1, -0.05) is 57.7 Å². The number of esters is 5. The third-order valence-corrected chi connectivity index (χ3v) is 10.1. The first-order chi connectivity index (χ1) is 22.0. The highest BCUT2D eigenvalue weighted by Gasteiger charge is 2.64. The van der Waals surface area contributed by atoms with Crippen LogP contribution >= 0.6 is 0 Å². The molecule has 1 aromatic carbocycles. The second-order valence-electron chi connectivity index (χ2n) is 13.7. The van der Waals surface area contributed by atoms with Crippen molar-refractivity contribution in [1.29, 1.82) is 0 Å². The molecule has 0 heterocycles. The van der Waals surface area contributed by atoms with Crippen LogP contribution in [0.3, 0.4) is 0 Å². The zero-order valence-corrected chi connectivity index (χ0v) is 28.5. The Hall–Kier alpha value is -4.21. The van der Waals surface area contributed by atoms with Crippen molar-refractivity contribution in [2.75, 3.05) is 0 Å². The van der Waals surface area contributed by atoms with Gasteiger partial charge in [0.1, 0.15) is 24.4 Å². The van der Waals surface area contributed by atoms with Gasteiger partial charge in [-0.3, -0.25) is 19.2 Å². The van der Waals surface area contributed by atoms with E-state index in [4.69, 9.17) is 23.7 Å². The molecule has 10 heteroatoms. The molecule has 10 nitrogen and oxygen atoms in total. The van der Waals surface area contributed by atoms with Crippen LogP contribution in [-0.2, 0) is 47.7 Å². The van der Waals surface area contributed by atoms with Crippen LogP contribution in [0.2, 0.25) is 0 Å². The molecule has 8 atom stereocenters. The Morgan fingerprint density at radius 3 is 1.98 bits per heavy atom. The fourth-order valence-electron chi connectivity index (χ4n) is 8.16. The van der Waals surface area contributed by atoms with Gasteiger partial charge in [-0.25, -0.2) is 4.79 Å². The van der Waals surface area contributed by atoms with Crippen LogP contribution < -0.4 is 0 Å². The summed E-state index contributed by atoms with van der Waals surface area (Å²) in [6.07, 6.45) is -0.472. The largest absolute Gasteiger partial charge is 0.462 e. The van der Waals surface area contributed by atoms with Crippen LogP contribution in [0.1, 0.15) is 80.2 Å². The molecule has 2 fully saturated rings. The quantitative estimate of drug-likeness (QED) is 0.157. The first-order valence-corrected chi connectivity index (χ1v) is 16.0. The summed E-state index contributed by atoms with van der Waals surface area (Å²) in [5.41, 5.74) is 0.822. The zero-order chi connectivity index (χ0) is 34.8. The number of rotatable bonds is 7. The van der Waals surface area contributed by atoms with Crippen molar-refractivity contribution in [3.8, 4) is 0 Å². The SMILES string of the molecule is C=C1C(OC(=O)C=Cc2ccccc2)CCC2(C)C(OC(C)=O)C(OC(C)=O)C3=C(C)C(OC(C)=O)CC(C(OC(C)=O)C12)C3(C)C. The van der Waals surface area contributed by atoms with Crippen molar-refractivity contribution in [3.63, 3.8) is 0 Å². The van der Waals surface area contributed by atoms with E-state index in [9.17, 15) is 24.0 Å². The second kappa shape index (κ2) is 13.9. The van der Waals surface area contributed by atoms with Gasteiger partial charge in [-0.05, 0) is 60.0 Å². The van der Waals surface area contributed by atoms with Gasteiger partial charge in [0, 0.05) is 51.0 Å².